The van der Waals surface area contributed by atoms with Crippen LogP contribution in [0.3, 0.4) is 0 Å². The summed E-state index contributed by atoms with van der Waals surface area (Å²) in [5.74, 6) is -0.583. The molecule has 0 saturated heterocycles. The van der Waals surface area contributed by atoms with Crippen LogP contribution in [0.5, 0.6) is 0 Å². The Balaban J connectivity index is 3.27. The van der Waals surface area contributed by atoms with Crippen LogP contribution in [0.15, 0.2) is 23.1 Å². The summed E-state index contributed by atoms with van der Waals surface area (Å²) in [7, 11) is 0. The molecule has 0 spiro atoms. The molecule has 0 fully saturated rings. The number of nitriles is 1. The maximum atomic E-state index is 10.9. The van der Waals surface area contributed by atoms with Gasteiger partial charge in [0.25, 0.3) is 0 Å². The van der Waals surface area contributed by atoms with Crippen LogP contribution in [0.1, 0.15) is 10.4 Å². The number of hydrogen-bond donors (Lipinski definition) is 1. The first-order valence-electron chi connectivity index (χ1n) is 3.31. The highest BCUT2D eigenvalue weighted by molar-refractivity contribution is 8.03. The molecule has 1 aromatic carbocycles. The summed E-state index contributed by atoms with van der Waals surface area (Å²) in [4.78, 5) is 11.3. The van der Waals surface area contributed by atoms with Crippen LogP contribution in [0.2, 0.25) is 5.02 Å². The Bertz CT molecular complexity index is 386. The van der Waals surface area contributed by atoms with Crippen molar-refractivity contribution in [3.05, 3.63) is 28.8 Å². The van der Waals surface area contributed by atoms with Crippen molar-refractivity contribution in [3.8, 4) is 5.40 Å². The normalized spacial score (nSPS) is 9.23. The Kier molecular flexibility index (Phi) is 3.18. The number of thioether (sulfide) groups is 1. The Morgan fingerprint density at radius 3 is 2.85 bits per heavy atom. The molecule has 0 bridgehead atoms. The monoisotopic (exact) mass is 212 g/mol. The van der Waals surface area contributed by atoms with Crippen LogP contribution in [0.25, 0.3) is 0 Å². The number of thiocyanates is 1. The van der Waals surface area contributed by atoms with E-state index in [4.69, 9.17) is 22.6 Å². The van der Waals surface area contributed by atoms with E-state index in [0.717, 1.165) is 11.8 Å². The lowest BCUT2D eigenvalue weighted by Gasteiger charge is -2.02. The minimum atomic E-state index is -0.583. The van der Waals surface area contributed by atoms with Crippen molar-refractivity contribution in [2.75, 3.05) is 0 Å². The summed E-state index contributed by atoms with van der Waals surface area (Å²) in [6.07, 6.45) is 0. The van der Waals surface area contributed by atoms with Crippen molar-refractivity contribution in [1.82, 2.24) is 0 Å². The Morgan fingerprint density at radius 2 is 2.31 bits per heavy atom. The van der Waals surface area contributed by atoms with Gasteiger partial charge in [-0.1, -0.05) is 17.7 Å². The maximum Gasteiger partial charge on any atom is 0.249 e. The van der Waals surface area contributed by atoms with Crippen LogP contribution in [-0.2, 0) is 0 Å². The van der Waals surface area contributed by atoms with E-state index >= 15 is 0 Å². The SMILES string of the molecule is N#CSc1c(Cl)cccc1C(N)=O. The first-order chi connectivity index (χ1) is 6.16. The van der Waals surface area contributed by atoms with Gasteiger partial charge >= 0.3 is 0 Å². The standard InChI is InChI=1S/C8H5ClN2OS/c9-6-3-1-2-5(8(11)12)7(6)13-4-10/h1-3H,(H2,11,12). The highest BCUT2D eigenvalue weighted by atomic mass is 35.5. The van der Waals surface area contributed by atoms with E-state index in [1.165, 1.54) is 6.07 Å². The van der Waals surface area contributed by atoms with Gasteiger partial charge in [-0.15, -0.1) is 0 Å². The van der Waals surface area contributed by atoms with Crippen LogP contribution in [0, 0.1) is 10.7 Å². The molecule has 0 aliphatic rings. The first kappa shape index (κ1) is 9.90. The summed E-state index contributed by atoms with van der Waals surface area (Å²) in [6.45, 7) is 0. The fourth-order valence-electron chi connectivity index (χ4n) is 0.852. The van der Waals surface area contributed by atoms with Gasteiger partial charge in [-0.2, -0.15) is 5.26 Å². The molecule has 5 heteroatoms. The number of nitrogens with zero attached hydrogens (tertiary/aromatic N) is 1. The molecule has 1 amide bonds. The smallest absolute Gasteiger partial charge is 0.249 e. The number of primary amides is 1. The predicted octanol–water partition coefficient (Wildman–Crippen LogP) is 2.01. The van der Waals surface area contributed by atoms with Crippen LogP contribution in [-0.4, -0.2) is 5.91 Å². The summed E-state index contributed by atoms with van der Waals surface area (Å²) in [5.41, 5.74) is 5.37. The number of rotatable bonds is 2. The molecule has 1 rings (SSSR count). The number of benzene rings is 1. The molecule has 3 nitrogen and oxygen atoms in total. The topological polar surface area (TPSA) is 66.9 Å². The van der Waals surface area contributed by atoms with Crippen molar-refractivity contribution in [3.63, 3.8) is 0 Å². The molecule has 0 aliphatic carbocycles. The third-order valence-corrected chi connectivity index (χ3v) is 2.54. The molecule has 1 aromatic rings. The molecule has 0 unspecified atom stereocenters. The van der Waals surface area contributed by atoms with E-state index in [0.29, 0.717) is 9.92 Å². The molecule has 2 N–H and O–H groups in total. The average molecular weight is 213 g/mol. The fourth-order valence-corrected chi connectivity index (χ4v) is 1.68. The van der Waals surface area contributed by atoms with Crippen molar-refractivity contribution in [2.45, 2.75) is 4.90 Å². The van der Waals surface area contributed by atoms with E-state index < -0.39 is 5.91 Å². The molecule has 0 aliphatic heterocycles. The van der Waals surface area contributed by atoms with Crippen LogP contribution < -0.4 is 5.73 Å². The molecule has 0 radical (unpaired) electrons. The number of carbonyl (C=O) groups is 1. The summed E-state index contributed by atoms with van der Waals surface area (Å²) in [6, 6.07) is 4.76. The molecule has 66 valence electrons. The van der Waals surface area contributed by atoms with Gasteiger partial charge in [-0.3, -0.25) is 4.79 Å². The van der Waals surface area contributed by atoms with Crippen molar-refractivity contribution in [1.29, 1.82) is 5.26 Å². The van der Waals surface area contributed by atoms with Crippen LogP contribution in [0.4, 0.5) is 0 Å². The second kappa shape index (κ2) is 4.17. The molecule has 0 heterocycles. The van der Waals surface area contributed by atoms with Gasteiger partial charge in [-0.05, 0) is 23.9 Å². The lowest BCUT2D eigenvalue weighted by molar-refractivity contribution is 0.0997. The average Bonchev–Trinajstić information content (AvgIpc) is 2.08. The Morgan fingerprint density at radius 1 is 1.62 bits per heavy atom. The number of hydrogen-bond acceptors (Lipinski definition) is 3. The zero-order chi connectivity index (χ0) is 9.84. The van der Waals surface area contributed by atoms with E-state index in [2.05, 4.69) is 0 Å². The summed E-state index contributed by atoms with van der Waals surface area (Å²) in [5, 5.41) is 10.7. The van der Waals surface area contributed by atoms with Gasteiger partial charge in [-0.25, -0.2) is 0 Å². The van der Waals surface area contributed by atoms with Gasteiger partial charge in [0.1, 0.15) is 5.40 Å². The van der Waals surface area contributed by atoms with Crippen molar-refractivity contribution >= 4 is 29.3 Å². The lowest BCUT2D eigenvalue weighted by atomic mass is 10.2. The molecule has 0 atom stereocenters. The second-order valence-corrected chi connectivity index (χ2v) is 3.38. The largest absolute Gasteiger partial charge is 0.366 e. The van der Waals surface area contributed by atoms with Crippen molar-refractivity contribution < 1.29 is 4.79 Å². The van der Waals surface area contributed by atoms with Gasteiger partial charge in [0, 0.05) is 0 Å². The zero-order valence-electron chi connectivity index (χ0n) is 6.45. The Hall–Kier alpha value is -1.18. The molecular weight excluding hydrogens is 208 g/mol. The van der Waals surface area contributed by atoms with E-state index in [1.54, 1.807) is 12.1 Å². The third-order valence-electron chi connectivity index (χ3n) is 1.38. The van der Waals surface area contributed by atoms with E-state index in [9.17, 15) is 4.79 Å². The first-order valence-corrected chi connectivity index (χ1v) is 4.50. The summed E-state index contributed by atoms with van der Waals surface area (Å²) >= 11 is 6.60. The Labute approximate surface area is 84.5 Å². The second-order valence-electron chi connectivity index (χ2n) is 2.17. The molecule has 0 saturated carbocycles. The van der Waals surface area contributed by atoms with Gasteiger partial charge in [0.15, 0.2) is 0 Å². The van der Waals surface area contributed by atoms with Crippen LogP contribution >= 0.6 is 23.4 Å². The van der Waals surface area contributed by atoms with E-state index in [1.807, 2.05) is 5.40 Å². The number of nitrogens with two attached hydrogens (primary N) is 1. The zero-order valence-corrected chi connectivity index (χ0v) is 8.02. The molecular formula is C8H5ClN2OS. The highest BCUT2D eigenvalue weighted by Crippen LogP contribution is 2.29. The molecule has 13 heavy (non-hydrogen) atoms. The summed E-state index contributed by atoms with van der Waals surface area (Å²) < 4.78 is 0. The fraction of sp³-hybridized carbons (Fsp3) is 0. The number of halogens is 1. The number of amides is 1. The minimum absolute atomic E-state index is 0.277. The minimum Gasteiger partial charge on any atom is -0.366 e. The third kappa shape index (κ3) is 2.14. The highest BCUT2D eigenvalue weighted by Gasteiger charge is 2.11. The van der Waals surface area contributed by atoms with E-state index in [-0.39, 0.29) is 5.56 Å². The predicted molar refractivity (Wildman–Crippen MR) is 51.4 cm³/mol. The lowest BCUT2D eigenvalue weighted by Crippen LogP contribution is -2.12. The maximum absolute atomic E-state index is 10.9. The van der Waals surface area contributed by atoms with Crippen molar-refractivity contribution in [2.24, 2.45) is 5.73 Å². The molecule has 0 aromatic heterocycles. The van der Waals surface area contributed by atoms with Gasteiger partial charge < -0.3 is 5.73 Å². The van der Waals surface area contributed by atoms with Gasteiger partial charge in [0.2, 0.25) is 5.91 Å². The van der Waals surface area contributed by atoms with Gasteiger partial charge in [0.05, 0.1) is 15.5 Å². The number of carbonyl (C=O) groups excluding carboxylic acids is 1. The quantitative estimate of drug-likeness (QED) is 0.602.